The van der Waals surface area contributed by atoms with E-state index in [4.69, 9.17) is 14.4 Å². The summed E-state index contributed by atoms with van der Waals surface area (Å²) >= 11 is 0. The highest BCUT2D eigenvalue weighted by atomic mass is 16.4. The van der Waals surface area contributed by atoms with Gasteiger partial charge in [0.2, 0.25) is 5.91 Å². The first-order chi connectivity index (χ1) is 14.6. The van der Waals surface area contributed by atoms with Gasteiger partial charge < -0.3 is 9.32 Å². The van der Waals surface area contributed by atoms with E-state index in [-0.39, 0.29) is 18.9 Å². The number of aryl methyl sites for hydroxylation is 1. The first-order valence-corrected chi connectivity index (χ1v) is 9.98. The van der Waals surface area contributed by atoms with Crippen LogP contribution in [0.15, 0.2) is 57.7 Å². The van der Waals surface area contributed by atoms with Crippen LogP contribution in [0.4, 0.5) is 11.6 Å². The molecule has 30 heavy (non-hydrogen) atoms. The molecule has 8 heteroatoms. The van der Waals surface area contributed by atoms with Crippen molar-refractivity contribution >= 4 is 39.7 Å². The Balaban J connectivity index is 1.47. The molecule has 2 aromatic carbocycles. The van der Waals surface area contributed by atoms with Crippen molar-refractivity contribution in [2.24, 2.45) is 0 Å². The third-order valence-electron chi connectivity index (χ3n) is 5.45. The third-order valence-corrected chi connectivity index (χ3v) is 5.45. The number of anilines is 2. The number of carbonyl (C=O) groups excluding carboxylic acids is 1. The maximum atomic E-state index is 13.2. The lowest BCUT2D eigenvalue weighted by Crippen LogP contribution is -2.33. The van der Waals surface area contributed by atoms with Crippen molar-refractivity contribution in [1.29, 1.82) is 0 Å². The number of aromatic nitrogens is 3. The molecule has 1 amide bonds. The number of benzene rings is 2. The predicted octanol–water partition coefficient (Wildman–Crippen LogP) is 2.80. The van der Waals surface area contributed by atoms with Crippen molar-refractivity contribution in [3.63, 3.8) is 0 Å². The van der Waals surface area contributed by atoms with E-state index < -0.39 is 5.76 Å². The molecule has 0 spiro atoms. The highest BCUT2D eigenvalue weighted by Crippen LogP contribution is 2.30. The van der Waals surface area contributed by atoms with Crippen LogP contribution in [0.2, 0.25) is 0 Å². The second-order valence-electron chi connectivity index (χ2n) is 7.42. The summed E-state index contributed by atoms with van der Waals surface area (Å²) in [7, 11) is 1.97. The minimum atomic E-state index is -0.453. The quantitative estimate of drug-likeness (QED) is 0.523. The Labute approximate surface area is 172 Å². The SMILES string of the molecule is CN1CCCN(C(=O)CCn2c(=O)oc3ccccc32)c2nc3ccccc3nc21. The van der Waals surface area contributed by atoms with Crippen LogP contribution in [0.3, 0.4) is 0 Å². The average Bonchev–Trinajstić information content (AvgIpc) is 2.99. The summed E-state index contributed by atoms with van der Waals surface area (Å²) in [5.74, 6) is 0.729. The minimum absolute atomic E-state index is 0.0895. The van der Waals surface area contributed by atoms with Gasteiger partial charge in [0.05, 0.1) is 16.6 Å². The lowest BCUT2D eigenvalue weighted by atomic mass is 10.2. The molecule has 8 nitrogen and oxygen atoms in total. The summed E-state index contributed by atoms with van der Waals surface area (Å²) < 4.78 is 6.77. The zero-order chi connectivity index (χ0) is 20.7. The molecule has 0 aliphatic carbocycles. The molecular formula is C22H21N5O3. The largest absolute Gasteiger partial charge is 0.419 e. The van der Waals surface area contributed by atoms with Crippen LogP contribution >= 0.6 is 0 Å². The van der Waals surface area contributed by atoms with Gasteiger partial charge in [0.25, 0.3) is 0 Å². The molecule has 152 valence electrons. The van der Waals surface area contributed by atoms with Crippen molar-refractivity contribution in [1.82, 2.24) is 14.5 Å². The highest BCUT2D eigenvalue weighted by molar-refractivity contribution is 5.96. The zero-order valence-electron chi connectivity index (χ0n) is 16.6. The smallest absolute Gasteiger partial charge is 0.408 e. The van der Waals surface area contributed by atoms with E-state index in [1.54, 1.807) is 11.0 Å². The number of oxazole rings is 1. The fraction of sp³-hybridized carbons (Fsp3) is 0.273. The van der Waals surface area contributed by atoms with Gasteiger partial charge in [-0.1, -0.05) is 24.3 Å². The Bertz CT molecular complexity index is 1310. The number of fused-ring (bicyclic) bond motifs is 3. The summed E-state index contributed by atoms with van der Waals surface area (Å²) in [5.41, 5.74) is 2.77. The Morgan fingerprint density at radius 3 is 2.50 bits per heavy atom. The zero-order valence-corrected chi connectivity index (χ0v) is 16.6. The maximum Gasteiger partial charge on any atom is 0.419 e. The molecule has 0 bridgehead atoms. The van der Waals surface area contributed by atoms with Gasteiger partial charge >= 0.3 is 5.76 Å². The molecule has 4 aromatic rings. The number of rotatable bonds is 3. The molecule has 2 aromatic heterocycles. The monoisotopic (exact) mass is 403 g/mol. The standard InChI is InChI=1S/C22H21N5O3/c1-25-12-6-13-27(21-20(25)23-15-7-2-3-8-16(15)24-21)19(28)11-14-26-17-9-4-5-10-18(17)30-22(26)29/h2-5,7-10H,6,11-14H2,1H3. The Morgan fingerprint density at radius 1 is 1.00 bits per heavy atom. The van der Waals surface area contributed by atoms with Gasteiger partial charge in [0.1, 0.15) is 0 Å². The molecule has 5 rings (SSSR count). The van der Waals surface area contributed by atoms with Crippen LogP contribution in [0.5, 0.6) is 0 Å². The van der Waals surface area contributed by atoms with Crippen LogP contribution in [-0.2, 0) is 11.3 Å². The molecule has 0 saturated carbocycles. The summed E-state index contributed by atoms with van der Waals surface area (Å²) in [5, 5.41) is 0. The number of nitrogens with zero attached hydrogens (tertiary/aromatic N) is 5. The van der Waals surface area contributed by atoms with Gasteiger partial charge in [0.15, 0.2) is 17.2 Å². The number of para-hydroxylation sites is 4. The molecule has 3 heterocycles. The minimum Gasteiger partial charge on any atom is -0.408 e. The predicted molar refractivity (Wildman–Crippen MR) is 115 cm³/mol. The first-order valence-electron chi connectivity index (χ1n) is 9.98. The third kappa shape index (κ3) is 3.10. The van der Waals surface area contributed by atoms with Gasteiger partial charge in [0, 0.05) is 33.1 Å². The van der Waals surface area contributed by atoms with Gasteiger partial charge in [-0.05, 0) is 30.7 Å². The molecule has 0 fully saturated rings. The molecule has 0 atom stereocenters. The lowest BCUT2D eigenvalue weighted by molar-refractivity contribution is -0.118. The second-order valence-corrected chi connectivity index (χ2v) is 7.42. The van der Waals surface area contributed by atoms with Crippen molar-refractivity contribution < 1.29 is 9.21 Å². The normalized spacial score (nSPS) is 14.2. The number of hydrogen-bond donors (Lipinski definition) is 0. The van der Waals surface area contributed by atoms with E-state index in [2.05, 4.69) is 0 Å². The topological polar surface area (TPSA) is 84.5 Å². The summed E-state index contributed by atoms with van der Waals surface area (Å²) in [6, 6.07) is 14.9. The van der Waals surface area contributed by atoms with E-state index in [1.165, 1.54) is 4.57 Å². The van der Waals surface area contributed by atoms with Crippen molar-refractivity contribution in [2.75, 3.05) is 29.9 Å². The van der Waals surface area contributed by atoms with E-state index in [0.29, 0.717) is 29.3 Å². The Kier molecular flexibility index (Phi) is 4.46. The highest BCUT2D eigenvalue weighted by Gasteiger charge is 2.26. The number of carbonyl (C=O) groups is 1. The lowest BCUT2D eigenvalue weighted by Gasteiger charge is -2.23. The van der Waals surface area contributed by atoms with E-state index in [0.717, 1.165) is 24.0 Å². The van der Waals surface area contributed by atoms with E-state index in [9.17, 15) is 9.59 Å². The molecular weight excluding hydrogens is 382 g/mol. The van der Waals surface area contributed by atoms with Crippen molar-refractivity contribution in [2.45, 2.75) is 19.4 Å². The van der Waals surface area contributed by atoms with Crippen molar-refractivity contribution in [3.8, 4) is 0 Å². The molecule has 1 aliphatic heterocycles. The molecule has 0 N–H and O–H groups in total. The van der Waals surface area contributed by atoms with Gasteiger partial charge in [-0.3, -0.25) is 14.3 Å². The summed E-state index contributed by atoms with van der Waals surface area (Å²) in [6.45, 7) is 1.59. The fourth-order valence-electron chi connectivity index (χ4n) is 3.91. The summed E-state index contributed by atoms with van der Waals surface area (Å²) in [4.78, 5) is 38.7. The van der Waals surface area contributed by atoms with Gasteiger partial charge in [-0.2, -0.15) is 0 Å². The number of amides is 1. The Morgan fingerprint density at radius 2 is 1.70 bits per heavy atom. The molecule has 0 unspecified atom stereocenters. The van der Waals surface area contributed by atoms with Gasteiger partial charge in [-0.25, -0.2) is 14.8 Å². The molecule has 1 aliphatic rings. The van der Waals surface area contributed by atoms with Crippen LogP contribution < -0.4 is 15.6 Å². The number of hydrogen-bond acceptors (Lipinski definition) is 6. The van der Waals surface area contributed by atoms with Crippen LogP contribution in [0.1, 0.15) is 12.8 Å². The molecule has 0 radical (unpaired) electrons. The average molecular weight is 403 g/mol. The summed E-state index contributed by atoms with van der Waals surface area (Å²) in [6.07, 6.45) is 0.978. The van der Waals surface area contributed by atoms with Crippen LogP contribution in [-0.4, -0.2) is 40.6 Å². The van der Waals surface area contributed by atoms with Crippen molar-refractivity contribution in [3.05, 3.63) is 59.1 Å². The maximum absolute atomic E-state index is 13.2. The Hall–Kier alpha value is -3.68. The van der Waals surface area contributed by atoms with E-state index in [1.807, 2.05) is 54.4 Å². The first kappa shape index (κ1) is 18.4. The molecule has 0 saturated heterocycles. The van der Waals surface area contributed by atoms with Crippen LogP contribution in [0.25, 0.3) is 22.1 Å². The van der Waals surface area contributed by atoms with Gasteiger partial charge in [-0.15, -0.1) is 0 Å². The van der Waals surface area contributed by atoms with Crippen LogP contribution in [0, 0.1) is 0 Å². The second kappa shape index (κ2) is 7.29. The van der Waals surface area contributed by atoms with E-state index >= 15 is 0 Å². The fourth-order valence-corrected chi connectivity index (χ4v) is 3.91.